The lowest BCUT2D eigenvalue weighted by Crippen LogP contribution is -2.25. The average molecular weight is 267 g/mol. The number of sulfonamides is 1. The molecule has 0 atom stereocenters. The summed E-state index contributed by atoms with van der Waals surface area (Å²) in [6, 6.07) is 3.71. The van der Waals surface area contributed by atoms with E-state index in [1.165, 1.54) is 4.68 Å². The zero-order valence-corrected chi connectivity index (χ0v) is 9.81. The molecule has 0 unspecified atom stereocenters. The molecule has 0 bridgehead atoms. The number of nitrogens with one attached hydrogen (secondary N) is 1. The van der Waals surface area contributed by atoms with E-state index in [0.717, 1.165) is 11.4 Å². The highest BCUT2D eigenvalue weighted by molar-refractivity contribution is 9.10. The number of alkyl halides is 1. The molecule has 4 nitrogen and oxygen atoms in total. The van der Waals surface area contributed by atoms with E-state index in [2.05, 4.69) is 20.8 Å². The normalized spacial score (nSPS) is 11.6. The molecule has 1 aromatic rings. The Kier molecular flexibility index (Phi) is 3.02. The summed E-state index contributed by atoms with van der Waals surface area (Å²) in [6.45, 7) is 3.67. The van der Waals surface area contributed by atoms with Gasteiger partial charge in [0.1, 0.15) is 4.66 Å². The van der Waals surface area contributed by atoms with Crippen molar-refractivity contribution in [3.63, 3.8) is 0 Å². The predicted octanol–water partition coefficient (Wildman–Crippen LogP) is 1.33. The third-order valence-electron chi connectivity index (χ3n) is 1.65. The van der Waals surface area contributed by atoms with Gasteiger partial charge in [-0.2, -0.15) is 0 Å². The second-order valence-corrected chi connectivity index (χ2v) is 5.77. The zero-order chi connectivity index (χ0) is 10.1. The second-order valence-electron chi connectivity index (χ2n) is 2.77. The monoisotopic (exact) mass is 266 g/mol. The maximum Gasteiger partial charge on any atom is 0.256 e. The molecule has 1 N–H and O–H groups in total. The van der Waals surface area contributed by atoms with Crippen molar-refractivity contribution in [3.8, 4) is 0 Å². The van der Waals surface area contributed by atoms with Gasteiger partial charge in [0.2, 0.25) is 0 Å². The number of hydrogen-bond donors (Lipinski definition) is 1. The first-order valence-corrected chi connectivity index (χ1v) is 6.45. The first kappa shape index (κ1) is 10.6. The Morgan fingerprint density at radius 3 is 2.23 bits per heavy atom. The lowest BCUT2D eigenvalue weighted by Gasteiger charge is -2.10. The minimum atomic E-state index is -3.26. The molecule has 1 rings (SSSR count). The fraction of sp³-hybridized carbons (Fsp3) is 0.429. The van der Waals surface area contributed by atoms with Crippen molar-refractivity contribution in [1.29, 1.82) is 0 Å². The highest BCUT2D eigenvalue weighted by Crippen LogP contribution is 2.06. The Labute approximate surface area is 86.1 Å². The van der Waals surface area contributed by atoms with E-state index in [1.807, 2.05) is 26.0 Å². The van der Waals surface area contributed by atoms with E-state index in [-0.39, 0.29) is 4.66 Å². The molecule has 0 aliphatic rings. The van der Waals surface area contributed by atoms with Crippen LogP contribution in [0.5, 0.6) is 0 Å². The third-order valence-corrected chi connectivity index (χ3v) is 4.20. The minimum absolute atomic E-state index is 0.100. The molecule has 1 aromatic heterocycles. The van der Waals surface area contributed by atoms with Crippen LogP contribution in [0, 0.1) is 13.8 Å². The predicted molar refractivity (Wildman–Crippen MR) is 56.0 cm³/mol. The van der Waals surface area contributed by atoms with Crippen LogP contribution < -0.4 is 4.83 Å². The molecule has 0 aromatic carbocycles. The van der Waals surface area contributed by atoms with Crippen molar-refractivity contribution in [2.75, 3.05) is 9.49 Å². The summed E-state index contributed by atoms with van der Waals surface area (Å²) in [5, 5.41) is 0. The molecular weight excluding hydrogens is 256 g/mol. The lowest BCUT2D eigenvalue weighted by molar-refractivity contribution is 0.599. The van der Waals surface area contributed by atoms with Crippen LogP contribution in [0.15, 0.2) is 12.1 Å². The molecule has 0 radical (unpaired) electrons. The quantitative estimate of drug-likeness (QED) is 0.840. The molecule has 0 aliphatic carbocycles. The van der Waals surface area contributed by atoms with E-state index >= 15 is 0 Å². The fourth-order valence-electron chi connectivity index (χ4n) is 0.976. The largest absolute Gasteiger partial charge is 0.256 e. The van der Waals surface area contributed by atoms with Crippen LogP contribution in [0.2, 0.25) is 0 Å². The van der Waals surface area contributed by atoms with Gasteiger partial charge in [-0.15, -0.1) is 0 Å². The second kappa shape index (κ2) is 3.71. The molecule has 13 heavy (non-hydrogen) atoms. The average Bonchev–Trinajstić information content (AvgIpc) is 2.36. The third kappa shape index (κ3) is 2.47. The van der Waals surface area contributed by atoms with E-state index in [0.29, 0.717) is 0 Å². The minimum Gasteiger partial charge on any atom is -0.256 e. The Morgan fingerprint density at radius 1 is 1.38 bits per heavy atom. The summed E-state index contributed by atoms with van der Waals surface area (Å²) < 4.78 is 23.8. The lowest BCUT2D eigenvalue weighted by atomic mass is 10.5. The molecule has 0 aliphatic heterocycles. The van der Waals surface area contributed by atoms with Gasteiger partial charge in [0.05, 0.1) is 0 Å². The van der Waals surface area contributed by atoms with E-state index in [4.69, 9.17) is 0 Å². The molecule has 6 heteroatoms. The number of aryl methyl sites for hydroxylation is 2. The van der Waals surface area contributed by atoms with Crippen LogP contribution in [-0.2, 0) is 10.0 Å². The van der Waals surface area contributed by atoms with Crippen molar-refractivity contribution in [1.82, 2.24) is 4.68 Å². The number of rotatable bonds is 3. The van der Waals surface area contributed by atoms with Crippen molar-refractivity contribution in [2.24, 2.45) is 0 Å². The van der Waals surface area contributed by atoms with Crippen LogP contribution in [0.3, 0.4) is 0 Å². The number of aromatic nitrogens is 1. The molecule has 74 valence electrons. The van der Waals surface area contributed by atoms with Gasteiger partial charge in [-0.25, -0.2) is 13.2 Å². The van der Waals surface area contributed by atoms with E-state index < -0.39 is 10.0 Å². The summed E-state index contributed by atoms with van der Waals surface area (Å²) in [4.78, 5) is 2.43. The summed E-state index contributed by atoms with van der Waals surface area (Å²) in [6.07, 6.45) is 0. The smallest absolute Gasteiger partial charge is 0.256 e. The van der Waals surface area contributed by atoms with Crippen LogP contribution in [0.25, 0.3) is 0 Å². The topological polar surface area (TPSA) is 51.1 Å². The van der Waals surface area contributed by atoms with Crippen molar-refractivity contribution >= 4 is 26.0 Å². The molecule has 0 fully saturated rings. The van der Waals surface area contributed by atoms with E-state index in [1.54, 1.807) is 0 Å². The number of hydrogen-bond acceptors (Lipinski definition) is 2. The molecular formula is C7H11BrN2O2S. The van der Waals surface area contributed by atoms with Gasteiger partial charge in [0.15, 0.2) is 0 Å². The highest BCUT2D eigenvalue weighted by atomic mass is 79.9. The van der Waals surface area contributed by atoms with Gasteiger partial charge < -0.3 is 0 Å². The standard InChI is InChI=1S/C7H11BrN2O2S/c1-6-3-4-7(2)10(6)9-13(11,12)5-8/h3-4,9H,5H2,1-2H3. The Bertz CT molecular complexity index is 377. The van der Waals surface area contributed by atoms with Crippen LogP contribution in [0.1, 0.15) is 11.4 Å². The van der Waals surface area contributed by atoms with Crippen LogP contribution in [0.4, 0.5) is 0 Å². The first-order valence-electron chi connectivity index (χ1n) is 3.67. The van der Waals surface area contributed by atoms with E-state index in [9.17, 15) is 8.42 Å². The Morgan fingerprint density at radius 2 is 1.85 bits per heavy atom. The van der Waals surface area contributed by atoms with Gasteiger partial charge in [-0.1, -0.05) is 15.9 Å². The summed E-state index contributed by atoms with van der Waals surface area (Å²) in [7, 11) is -3.26. The maximum absolute atomic E-state index is 11.2. The van der Waals surface area contributed by atoms with Crippen LogP contribution >= 0.6 is 15.9 Å². The van der Waals surface area contributed by atoms with Gasteiger partial charge in [-0.3, -0.25) is 4.68 Å². The molecule has 0 spiro atoms. The Balaban J connectivity index is 2.99. The zero-order valence-electron chi connectivity index (χ0n) is 7.41. The summed E-state index contributed by atoms with van der Waals surface area (Å²) >= 11 is 2.90. The van der Waals surface area contributed by atoms with Gasteiger partial charge in [0, 0.05) is 11.4 Å². The molecule has 0 amide bonds. The van der Waals surface area contributed by atoms with Crippen LogP contribution in [-0.4, -0.2) is 17.8 Å². The SMILES string of the molecule is Cc1ccc(C)n1NS(=O)(=O)CBr. The highest BCUT2D eigenvalue weighted by Gasteiger charge is 2.09. The van der Waals surface area contributed by atoms with Crippen molar-refractivity contribution in [3.05, 3.63) is 23.5 Å². The maximum atomic E-state index is 11.2. The molecule has 0 saturated heterocycles. The van der Waals surface area contributed by atoms with Gasteiger partial charge in [-0.05, 0) is 26.0 Å². The number of halogens is 1. The van der Waals surface area contributed by atoms with Gasteiger partial charge in [0.25, 0.3) is 10.0 Å². The van der Waals surface area contributed by atoms with Crippen molar-refractivity contribution in [2.45, 2.75) is 13.8 Å². The number of nitrogens with zero attached hydrogens (tertiary/aromatic N) is 1. The summed E-state index contributed by atoms with van der Waals surface area (Å²) in [5.74, 6) is 0. The first-order chi connectivity index (χ1) is 5.96. The summed E-state index contributed by atoms with van der Waals surface area (Å²) in [5.41, 5.74) is 1.73. The molecule has 1 heterocycles. The van der Waals surface area contributed by atoms with Gasteiger partial charge >= 0.3 is 0 Å². The van der Waals surface area contributed by atoms with Crippen molar-refractivity contribution < 1.29 is 8.42 Å². The fourth-order valence-corrected chi connectivity index (χ4v) is 1.90. The molecule has 0 saturated carbocycles. The Hall–Kier alpha value is -0.490.